The zero-order valence-corrected chi connectivity index (χ0v) is 10.7. The van der Waals surface area contributed by atoms with E-state index >= 15 is 0 Å². The smallest absolute Gasteiger partial charge is 0.0455 e. The first kappa shape index (κ1) is 10.1. The van der Waals surface area contributed by atoms with Crippen molar-refractivity contribution in [3.05, 3.63) is 33.3 Å². The molecule has 0 unspecified atom stereocenters. The van der Waals surface area contributed by atoms with E-state index in [1.807, 2.05) is 12.1 Å². The molecule has 1 nitrogen and oxygen atoms in total. The van der Waals surface area contributed by atoms with Crippen molar-refractivity contribution in [1.29, 1.82) is 0 Å². The molecule has 0 aromatic heterocycles. The summed E-state index contributed by atoms with van der Waals surface area (Å²) in [6.45, 7) is 0. The lowest BCUT2D eigenvalue weighted by atomic mass is 9.86. The molecule has 0 bridgehead atoms. The maximum absolute atomic E-state index is 6.38. The number of hydrogen-bond acceptors (Lipinski definition) is 1. The summed E-state index contributed by atoms with van der Waals surface area (Å²) in [5, 5.41) is 0.860. The van der Waals surface area contributed by atoms with Gasteiger partial charge < -0.3 is 5.73 Å². The van der Waals surface area contributed by atoms with Gasteiger partial charge in [0.2, 0.25) is 0 Å². The van der Waals surface area contributed by atoms with E-state index in [1.54, 1.807) is 0 Å². The SMILES string of the molecule is NC1(C2(c3c(Cl)cccc3Br)CC2)CC1. The highest BCUT2D eigenvalue weighted by Crippen LogP contribution is 2.65. The second-order valence-corrected chi connectivity index (χ2v) is 6.10. The average molecular weight is 287 g/mol. The first-order valence-electron chi connectivity index (χ1n) is 5.32. The largest absolute Gasteiger partial charge is 0.324 e. The summed E-state index contributed by atoms with van der Waals surface area (Å²) in [4.78, 5) is 0. The molecule has 80 valence electrons. The van der Waals surface area contributed by atoms with E-state index in [0.717, 1.165) is 22.3 Å². The van der Waals surface area contributed by atoms with Gasteiger partial charge >= 0.3 is 0 Å². The third-order valence-electron chi connectivity index (χ3n) is 3.93. The monoisotopic (exact) mass is 285 g/mol. The first-order chi connectivity index (χ1) is 7.09. The Kier molecular flexibility index (Phi) is 2.02. The van der Waals surface area contributed by atoms with Crippen LogP contribution in [0, 0.1) is 0 Å². The van der Waals surface area contributed by atoms with Crippen LogP contribution in [0.15, 0.2) is 22.7 Å². The summed E-state index contributed by atoms with van der Waals surface area (Å²) >= 11 is 9.91. The van der Waals surface area contributed by atoms with E-state index < -0.39 is 0 Å². The first-order valence-corrected chi connectivity index (χ1v) is 6.50. The normalized spacial score (nSPS) is 25.0. The lowest BCUT2D eigenvalue weighted by Crippen LogP contribution is -2.37. The van der Waals surface area contributed by atoms with Crippen molar-refractivity contribution in [2.24, 2.45) is 5.73 Å². The molecule has 0 spiro atoms. The maximum atomic E-state index is 6.38. The van der Waals surface area contributed by atoms with Gasteiger partial charge in [0.15, 0.2) is 0 Å². The van der Waals surface area contributed by atoms with Gasteiger partial charge in [0.05, 0.1) is 0 Å². The van der Waals surface area contributed by atoms with E-state index in [9.17, 15) is 0 Å². The minimum absolute atomic E-state index is 0.0283. The van der Waals surface area contributed by atoms with Crippen LogP contribution in [0.4, 0.5) is 0 Å². The molecule has 0 radical (unpaired) electrons. The summed E-state index contributed by atoms with van der Waals surface area (Å²) in [5.74, 6) is 0. The highest BCUT2D eigenvalue weighted by atomic mass is 79.9. The summed E-state index contributed by atoms with van der Waals surface area (Å²) in [5.41, 5.74) is 7.82. The third kappa shape index (κ3) is 1.31. The minimum atomic E-state index is 0.0283. The van der Waals surface area contributed by atoms with Crippen LogP contribution >= 0.6 is 27.5 Å². The molecule has 2 saturated carbocycles. The molecule has 2 aliphatic carbocycles. The van der Waals surface area contributed by atoms with Gasteiger partial charge in [-0.2, -0.15) is 0 Å². The molecule has 3 heteroatoms. The second-order valence-electron chi connectivity index (χ2n) is 4.83. The number of benzene rings is 1. The highest BCUT2D eigenvalue weighted by Gasteiger charge is 2.65. The van der Waals surface area contributed by atoms with Gasteiger partial charge in [-0.1, -0.05) is 33.6 Å². The van der Waals surface area contributed by atoms with Gasteiger partial charge in [-0.25, -0.2) is 0 Å². The Balaban J connectivity index is 2.13. The average Bonchev–Trinajstić information content (AvgIpc) is 3.02. The van der Waals surface area contributed by atoms with E-state index in [-0.39, 0.29) is 11.0 Å². The quantitative estimate of drug-likeness (QED) is 0.883. The van der Waals surface area contributed by atoms with Crippen molar-refractivity contribution in [3.63, 3.8) is 0 Å². The van der Waals surface area contributed by atoms with Crippen molar-refractivity contribution >= 4 is 27.5 Å². The molecule has 3 rings (SSSR count). The number of halogens is 2. The molecule has 2 fully saturated rings. The van der Waals surface area contributed by atoms with Gasteiger partial charge in [0.25, 0.3) is 0 Å². The number of hydrogen-bond donors (Lipinski definition) is 1. The van der Waals surface area contributed by atoms with Crippen LogP contribution in [0.3, 0.4) is 0 Å². The zero-order chi connectivity index (χ0) is 10.7. The fourth-order valence-electron chi connectivity index (χ4n) is 2.69. The molecule has 0 heterocycles. The second kappa shape index (κ2) is 2.99. The van der Waals surface area contributed by atoms with Crippen LogP contribution in [0.25, 0.3) is 0 Å². The molecule has 0 aliphatic heterocycles. The standard InChI is InChI=1S/C12H13BrClN/c13-8-2-1-3-9(14)10(8)11(4-5-11)12(15)6-7-12/h1-3H,4-7,15H2. The predicted octanol–water partition coefficient (Wildman–Crippen LogP) is 3.63. The molecular weight excluding hydrogens is 273 g/mol. The van der Waals surface area contributed by atoms with Gasteiger partial charge in [0.1, 0.15) is 0 Å². The number of nitrogens with two attached hydrogens (primary N) is 1. The van der Waals surface area contributed by atoms with Crippen molar-refractivity contribution in [3.8, 4) is 0 Å². The van der Waals surface area contributed by atoms with Crippen molar-refractivity contribution in [2.45, 2.75) is 36.6 Å². The lowest BCUT2D eigenvalue weighted by Gasteiger charge is -2.25. The third-order valence-corrected chi connectivity index (χ3v) is 4.91. The summed E-state index contributed by atoms with van der Waals surface area (Å²) < 4.78 is 1.12. The van der Waals surface area contributed by atoms with Crippen LogP contribution < -0.4 is 5.73 Å². The van der Waals surface area contributed by atoms with Crippen LogP contribution in [0.1, 0.15) is 31.2 Å². The summed E-state index contributed by atoms with van der Waals surface area (Å²) in [7, 11) is 0. The van der Waals surface area contributed by atoms with Gasteiger partial charge in [-0.05, 0) is 43.4 Å². The van der Waals surface area contributed by atoms with E-state index in [1.165, 1.54) is 18.4 Å². The molecule has 0 amide bonds. The minimum Gasteiger partial charge on any atom is -0.324 e. The van der Waals surface area contributed by atoms with Crippen LogP contribution in [0.5, 0.6) is 0 Å². The topological polar surface area (TPSA) is 26.0 Å². The Morgan fingerprint density at radius 3 is 2.33 bits per heavy atom. The molecule has 1 aromatic rings. The molecule has 0 atom stereocenters. The Hall–Kier alpha value is -0.0500. The predicted molar refractivity (Wildman–Crippen MR) is 66.2 cm³/mol. The fourth-order valence-corrected chi connectivity index (χ4v) is 3.91. The van der Waals surface area contributed by atoms with Crippen molar-refractivity contribution < 1.29 is 0 Å². The Morgan fingerprint density at radius 2 is 1.87 bits per heavy atom. The fraction of sp³-hybridized carbons (Fsp3) is 0.500. The van der Waals surface area contributed by atoms with E-state index in [4.69, 9.17) is 17.3 Å². The summed E-state index contributed by atoms with van der Waals surface area (Å²) in [6.07, 6.45) is 4.66. The molecule has 0 saturated heterocycles. The highest BCUT2D eigenvalue weighted by molar-refractivity contribution is 9.10. The lowest BCUT2D eigenvalue weighted by molar-refractivity contribution is 0.502. The Labute approximate surface area is 103 Å². The maximum Gasteiger partial charge on any atom is 0.0455 e. The molecule has 15 heavy (non-hydrogen) atoms. The van der Waals surface area contributed by atoms with E-state index in [0.29, 0.717) is 0 Å². The summed E-state index contributed by atoms with van der Waals surface area (Å²) in [6, 6.07) is 6.00. The Bertz CT molecular complexity index is 401. The molecule has 2 aliphatic rings. The molecular formula is C12H13BrClN. The molecule has 2 N–H and O–H groups in total. The van der Waals surface area contributed by atoms with E-state index in [2.05, 4.69) is 22.0 Å². The zero-order valence-electron chi connectivity index (χ0n) is 8.39. The van der Waals surface area contributed by atoms with Crippen LogP contribution in [0.2, 0.25) is 5.02 Å². The number of rotatable bonds is 2. The van der Waals surface area contributed by atoms with Gasteiger partial charge in [-0.3, -0.25) is 0 Å². The van der Waals surface area contributed by atoms with Gasteiger partial charge in [0, 0.05) is 20.4 Å². The van der Waals surface area contributed by atoms with Crippen LogP contribution in [-0.4, -0.2) is 5.54 Å². The van der Waals surface area contributed by atoms with Crippen LogP contribution in [-0.2, 0) is 5.41 Å². The van der Waals surface area contributed by atoms with Gasteiger partial charge in [-0.15, -0.1) is 0 Å². The van der Waals surface area contributed by atoms with Crippen molar-refractivity contribution in [2.75, 3.05) is 0 Å². The van der Waals surface area contributed by atoms with Crippen molar-refractivity contribution in [1.82, 2.24) is 0 Å². The Morgan fingerprint density at radius 1 is 1.20 bits per heavy atom. The molecule has 1 aromatic carbocycles.